The second kappa shape index (κ2) is 7.44. The number of carbonyl (C=O) groups is 1. The molecule has 3 atom stereocenters. The number of rotatable bonds is 5. The first-order valence-electron chi connectivity index (χ1n) is 7.57. The quantitative estimate of drug-likeness (QED) is 0.838. The van der Waals surface area contributed by atoms with Crippen LogP contribution in [0.5, 0.6) is 0 Å². The van der Waals surface area contributed by atoms with Crippen molar-refractivity contribution >= 4 is 5.97 Å². The molecule has 0 bridgehead atoms. The highest BCUT2D eigenvalue weighted by Crippen LogP contribution is 2.28. The van der Waals surface area contributed by atoms with Crippen LogP contribution < -0.4 is 5.32 Å². The predicted molar refractivity (Wildman–Crippen MR) is 80.3 cm³/mol. The monoisotopic (exact) mass is 275 g/mol. The summed E-state index contributed by atoms with van der Waals surface area (Å²) in [6.45, 7) is 3.21. The van der Waals surface area contributed by atoms with Crippen molar-refractivity contribution in [3.05, 3.63) is 35.9 Å². The second-order valence-corrected chi connectivity index (χ2v) is 5.91. The fourth-order valence-electron chi connectivity index (χ4n) is 3.13. The Bertz CT molecular complexity index is 418. The van der Waals surface area contributed by atoms with Gasteiger partial charge in [-0.1, -0.05) is 50.1 Å². The Balaban J connectivity index is 1.96. The van der Waals surface area contributed by atoms with Crippen LogP contribution in [0.15, 0.2) is 30.3 Å². The molecule has 0 radical (unpaired) electrons. The molecule has 3 nitrogen and oxygen atoms in total. The molecule has 0 amide bonds. The Labute approximate surface area is 121 Å². The normalized spacial score (nSPS) is 24.1. The molecule has 20 heavy (non-hydrogen) atoms. The Morgan fingerprint density at radius 2 is 2.10 bits per heavy atom. The zero-order chi connectivity index (χ0) is 14.4. The summed E-state index contributed by atoms with van der Waals surface area (Å²) in [5, 5.41) is 3.40. The van der Waals surface area contributed by atoms with Gasteiger partial charge in [0.05, 0.1) is 7.11 Å². The van der Waals surface area contributed by atoms with Crippen molar-refractivity contribution in [1.29, 1.82) is 0 Å². The second-order valence-electron chi connectivity index (χ2n) is 5.91. The molecule has 110 valence electrons. The van der Waals surface area contributed by atoms with E-state index in [1.807, 2.05) is 30.3 Å². The summed E-state index contributed by atoms with van der Waals surface area (Å²) >= 11 is 0. The van der Waals surface area contributed by atoms with Crippen molar-refractivity contribution in [2.75, 3.05) is 13.7 Å². The lowest BCUT2D eigenvalue weighted by Crippen LogP contribution is -2.34. The standard InChI is InChI=1S/C17H25NO2/c1-13-7-6-8-14(11-13)12-18-16(17(19)20-2)15-9-4-3-5-10-15/h3-5,9-10,13-14,16,18H,6-8,11-12H2,1-2H3. The van der Waals surface area contributed by atoms with Crippen LogP contribution in [0.1, 0.15) is 44.2 Å². The smallest absolute Gasteiger partial charge is 0.327 e. The summed E-state index contributed by atoms with van der Waals surface area (Å²) < 4.78 is 4.93. The van der Waals surface area contributed by atoms with Crippen molar-refractivity contribution in [3.8, 4) is 0 Å². The molecule has 0 spiro atoms. The van der Waals surface area contributed by atoms with Crippen LogP contribution in [0.25, 0.3) is 0 Å². The van der Waals surface area contributed by atoms with Gasteiger partial charge in [-0.15, -0.1) is 0 Å². The first-order chi connectivity index (χ1) is 9.70. The van der Waals surface area contributed by atoms with Crippen LogP contribution in [-0.4, -0.2) is 19.6 Å². The van der Waals surface area contributed by atoms with E-state index < -0.39 is 0 Å². The van der Waals surface area contributed by atoms with Gasteiger partial charge in [0.2, 0.25) is 0 Å². The molecule has 3 heteroatoms. The Morgan fingerprint density at radius 1 is 1.35 bits per heavy atom. The molecule has 0 aliphatic heterocycles. The van der Waals surface area contributed by atoms with Gasteiger partial charge in [0.1, 0.15) is 6.04 Å². The lowest BCUT2D eigenvalue weighted by atomic mass is 9.82. The Kier molecular flexibility index (Phi) is 5.60. The summed E-state index contributed by atoms with van der Waals surface area (Å²) in [7, 11) is 1.45. The van der Waals surface area contributed by atoms with E-state index in [0.717, 1.165) is 18.0 Å². The zero-order valence-electron chi connectivity index (χ0n) is 12.5. The van der Waals surface area contributed by atoms with E-state index in [4.69, 9.17) is 4.74 Å². The fourth-order valence-corrected chi connectivity index (χ4v) is 3.13. The van der Waals surface area contributed by atoms with Gasteiger partial charge in [0.15, 0.2) is 0 Å². The Morgan fingerprint density at radius 3 is 2.75 bits per heavy atom. The highest BCUT2D eigenvalue weighted by atomic mass is 16.5. The molecule has 1 aliphatic rings. The van der Waals surface area contributed by atoms with Gasteiger partial charge in [-0.25, -0.2) is 4.79 Å². The van der Waals surface area contributed by atoms with E-state index in [0.29, 0.717) is 5.92 Å². The number of carbonyl (C=O) groups excluding carboxylic acids is 1. The number of hydrogen-bond donors (Lipinski definition) is 1. The van der Waals surface area contributed by atoms with Crippen LogP contribution in [0.3, 0.4) is 0 Å². The van der Waals surface area contributed by atoms with Gasteiger partial charge in [-0.2, -0.15) is 0 Å². The van der Waals surface area contributed by atoms with Gasteiger partial charge in [0.25, 0.3) is 0 Å². The molecular weight excluding hydrogens is 250 g/mol. The molecule has 3 unspecified atom stereocenters. The van der Waals surface area contributed by atoms with Crippen LogP contribution >= 0.6 is 0 Å². The zero-order valence-corrected chi connectivity index (χ0v) is 12.5. The van der Waals surface area contributed by atoms with E-state index in [1.54, 1.807) is 0 Å². The van der Waals surface area contributed by atoms with Gasteiger partial charge in [-0.3, -0.25) is 0 Å². The SMILES string of the molecule is COC(=O)C(NCC1CCCC(C)C1)c1ccccc1. The summed E-state index contributed by atoms with van der Waals surface area (Å²) in [6.07, 6.45) is 5.17. The lowest BCUT2D eigenvalue weighted by molar-refractivity contribution is -0.143. The maximum atomic E-state index is 12.0. The van der Waals surface area contributed by atoms with Crippen molar-refractivity contribution in [2.45, 2.75) is 38.6 Å². The number of benzene rings is 1. The van der Waals surface area contributed by atoms with Gasteiger partial charge in [0, 0.05) is 0 Å². The molecule has 1 saturated carbocycles. The van der Waals surface area contributed by atoms with Crippen molar-refractivity contribution in [1.82, 2.24) is 5.32 Å². The number of nitrogens with one attached hydrogen (secondary N) is 1. The number of methoxy groups -OCH3 is 1. The number of ether oxygens (including phenoxy) is 1. The topological polar surface area (TPSA) is 38.3 Å². The average Bonchev–Trinajstić information content (AvgIpc) is 2.48. The van der Waals surface area contributed by atoms with E-state index in [9.17, 15) is 4.79 Å². The molecule has 2 rings (SSSR count). The van der Waals surface area contributed by atoms with Crippen molar-refractivity contribution < 1.29 is 9.53 Å². The van der Waals surface area contributed by atoms with Crippen molar-refractivity contribution in [3.63, 3.8) is 0 Å². The fraction of sp³-hybridized carbons (Fsp3) is 0.588. The third-order valence-electron chi connectivity index (χ3n) is 4.23. The minimum Gasteiger partial charge on any atom is -0.468 e. The third kappa shape index (κ3) is 4.07. The predicted octanol–water partition coefficient (Wildman–Crippen LogP) is 3.32. The van der Waals surface area contributed by atoms with E-state index in [1.165, 1.54) is 32.8 Å². The molecule has 1 fully saturated rings. The highest BCUT2D eigenvalue weighted by Gasteiger charge is 2.24. The Hall–Kier alpha value is -1.35. The number of hydrogen-bond acceptors (Lipinski definition) is 3. The first-order valence-corrected chi connectivity index (χ1v) is 7.57. The summed E-state index contributed by atoms with van der Waals surface area (Å²) in [5.41, 5.74) is 0.975. The summed E-state index contributed by atoms with van der Waals surface area (Å²) in [5.74, 6) is 1.28. The van der Waals surface area contributed by atoms with Crippen LogP contribution in [0.2, 0.25) is 0 Å². The maximum absolute atomic E-state index is 12.0. The van der Waals surface area contributed by atoms with Crippen LogP contribution in [0.4, 0.5) is 0 Å². The minimum atomic E-state index is -0.349. The molecule has 1 aliphatic carbocycles. The molecule has 0 aromatic heterocycles. The first kappa shape index (κ1) is 15.0. The van der Waals surface area contributed by atoms with Crippen LogP contribution in [-0.2, 0) is 9.53 Å². The average molecular weight is 275 g/mol. The van der Waals surface area contributed by atoms with E-state index in [-0.39, 0.29) is 12.0 Å². The van der Waals surface area contributed by atoms with E-state index >= 15 is 0 Å². The van der Waals surface area contributed by atoms with Crippen LogP contribution in [0, 0.1) is 11.8 Å². The molecule has 1 N–H and O–H groups in total. The highest BCUT2D eigenvalue weighted by molar-refractivity contribution is 5.77. The molecule has 1 aromatic carbocycles. The minimum absolute atomic E-state index is 0.208. The van der Waals surface area contributed by atoms with Gasteiger partial charge < -0.3 is 10.1 Å². The lowest BCUT2D eigenvalue weighted by Gasteiger charge is -2.28. The molecular formula is C17H25NO2. The van der Waals surface area contributed by atoms with Crippen molar-refractivity contribution in [2.24, 2.45) is 11.8 Å². The number of esters is 1. The van der Waals surface area contributed by atoms with Gasteiger partial charge >= 0.3 is 5.97 Å². The molecule has 1 aromatic rings. The molecule has 0 heterocycles. The largest absolute Gasteiger partial charge is 0.468 e. The summed E-state index contributed by atoms with van der Waals surface area (Å²) in [4.78, 5) is 12.0. The molecule has 0 saturated heterocycles. The van der Waals surface area contributed by atoms with E-state index in [2.05, 4.69) is 12.2 Å². The summed E-state index contributed by atoms with van der Waals surface area (Å²) in [6, 6.07) is 9.46. The maximum Gasteiger partial charge on any atom is 0.327 e. The van der Waals surface area contributed by atoms with Gasteiger partial charge in [-0.05, 0) is 36.8 Å². The third-order valence-corrected chi connectivity index (χ3v) is 4.23.